The molecule has 0 aromatic rings. The lowest BCUT2D eigenvalue weighted by Gasteiger charge is -2.30. The van der Waals surface area contributed by atoms with Crippen molar-refractivity contribution in [3.63, 3.8) is 0 Å². The fourth-order valence-corrected chi connectivity index (χ4v) is 2.87. The smallest absolute Gasteiger partial charge is 0.0223 e. The van der Waals surface area contributed by atoms with E-state index in [9.17, 15) is 0 Å². The van der Waals surface area contributed by atoms with Crippen LogP contribution >= 0.6 is 0 Å². The van der Waals surface area contributed by atoms with Crippen molar-refractivity contribution in [3.05, 3.63) is 0 Å². The van der Waals surface area contributed by atoms with Crippen LogP contribution in [0.3, 0.4) is 0 Å². The van der Waals surface area contributed by atoms with E-state index in [1.807, 2.05) is 0 Å². The second-order valence-electron chi connectivity index (χ2n) is 6.17. The summed E-state index contributed by atoms with van der Waals surface area (Å²) in [5, 5.41) is 3.77. The number of likely N-dealkylation sites (N-methyl/N-ethyl adjacent to an activating group) is 2. The third kappa shape index (κ3) is 6.17. The average Bonchev–Trinajstić information content (AvgIpc) is 2.85. The number of nitrogens with zero attached hydrogens (tertiary/aromatic N) is 2. The molecule has 1 saturated carbocycles. The van der Waals surface area contributed by atoms with Gasteiger partial charge < -0.3 is 15.1 Å². The molecule has 0 radical (unpaired) electrons. The van der Waals surface area contributed by atoms with Gasteiger partial charge in [0.05, 0.1) is 0 Å². The zero-order chi connectivity index (χ0) is 13.4. The fourth-order valence-electron chi connectivity index (χ4n) is 2.87. The monoisotopic (exact) mass is 255 g/mol. The topological polar surface area (TPSA) is 18.5 Å². The number of hydrogen-bond acceptors (Lipinski definition) is 3. The molecule has 1 fully saturated rings. The van der Waals surface area contributed by atoms with Gasteiger partial charge in [0.25, 0.3) is 0 Å². The Morgan fingerprint density at radius 3 is 2.33 bits per heavy atom. The van der Waals surface area contributed by atoms with Gasteiger partial charge in [0, 0.05) is 25.7 Å². The van der Waals surface area contributed by atoms with Crippen LogP contribution < -0.4 is 5.32 Å². The van der Waals surface area contributed by atoms with Crippen LogP contribution in [0.15, 0.2) is 0 Å². The van der Waals surface area contributed by atoms with Crippen LogP contribution in [0.2, 0.25) is 0 Å². The first kappa shape index (κ1) is 15.9. The molecule has 1 unspecified atom stereocenters. The van der Waals surface area contributed by atoms with Crippen molar-refractivity contribution in [2.24, 2.45) is 5.92 Å². The standard InChI is InChI=1S/C15H33N3/c1-5-10-16-15(14-8-6-7-9-14)13-18(4)12-11-17(2)3/h14-16H,5-13H2,1-4H3. The molecule has 108 valence electrons. The van der Waals surface area contributed by atoms with E-state index >= 15 is 0 Å². The lowest BCUT2D eigenvalue weighted by atomic mass is 9.97. The highest BCUT2D eigenvalue weighted by molar-refractivity contribution is 4.82. The fraction of sp³-hybridized carbons (Fsp3) is 1.00. The lowest BCUT2D eigenvalue weighted by molar-refractivity contribution is 0.223. The van der Waals surface area contributed by atoms with E-state index in [1.54, 1.807) is 0 Å². The molecule has 0 aromatic carbocycles. The van der Waals surface area contributed by atoms with Gasteiger partial charge in [-0.1, -0.05) is 19.8 Å². The normalized spacial score (nSPS) is 19.0. The summed E-state index contributed by atoms with van der Waals surface area (Å²) in [7, 11) is 6.56. The molecule has 0 aliphatic heterocycles. The summed E-state index contributed by atoms with van der Waals surface area (Å²) in [5.41, 5.74) is 0. The first-order chi connectivity index (χ1) is 8.63. The highest BCUT2D eigenvalue weighted by Gasteiger charge is 2.25. The molecule has 1 aliphatic carbocycles. The molecule has 18 heavy (non-hydrogen) atoms. The minimum absolute atomic E-state index is 0.708. The maximum absolute atomic E-state index is 3.77. The molecule has 0 bridgehead atoms. The summed E-state index contributed by atoms with van der Waals surface area (Å²) >= 11 is 0. The van der Waals surface area contributed by atoms with Crippen LogP contribution in [-0.4, -0.2) is 63.2 Å². The van der Waals surface area contributed by atoms with Gasteiger partial charge in [-0.15, -0.1) is 0 Å². The Kier molecular flexibility index (Phi) is 7.87. The van der Waals surface area contributed by atoms with Gasteiger partial charge >= 0.3 is 0 Å². The molecule has 0 saturated heterocycles. The molecule has 1 rings (SSSR count). The van der Waals surface area contributed by atoms with E-state index in [4.69, 9.17) is 0 Å². The summed E-state index contributed by atoms with van der Waals surface area (Å²) < 4.78 is 0. The molecular weight excluding hydrogens is 222 g/mol. The van der Waals surface area contributed by atoms with Crippen molar-refractivity contribution < 1.29 is 0 Å². The number of nitrogens with one attached hydrogen (secondary N) is 1. The Morgan fingerprint density at radius 1 is 1.11 bits per heavy atom. The van der Waals surface area contributed by atoms with Crippen molar-refractivity contribution in [3.8, 4) is 0 Å². The minimum atomic E-state index is 0.708. The van der Waals surface area contributed by atoms with E-state index in [1.165, 1.54) is 51.7 Å². The third-order valence-electron chi connectivity index (χ3n) is 4.06. The summed E-state index contributed by atoms with van der Waals surface area (Å²) in [6.07, 6.45) is 6.99. The van der Waals surface area contributed by atoms with Gasteiger partial charge in [0.2, 0.25) is 0 Å². The summed E-state index contributed by atoms with van der Waals surface area (Å²) in [5.74, 6) is 0.915. The molecule has 3 heteroatoms. The molecule has 1 N–H and O–H groups in total. The second kappa shape index (κ2) is 8.89. The van der Waals surface area contributed by atoms with Crippen LogP contribution in [0, 0.1) is 5.92 Å². The summed E-state index contributed by atoms with van der Waals surface area (Å²) in [6.45, 7) is 6.96. The van der Waals surface area contributed by atoms with Crippen molar-refractivity contribution >= 4 is 0 Å². The molecule has 1 atom stereocenters. The molecule has 1 aliphatic rings. The maximum atomic E-state index is 3.77. The van der Waals surface area contributed by atoms with Crippen molar-refractivity contribution in [1.29, 1.82) is 0 Å². The van der Waals surface area contributed by atoms with Gasteiger partial charge in [-0.3, -0.25) is 0 Å². The van der Waals surface area contributed by atoms with Gasteiger partial charge in [-0.05, 0) is 52.9 Å². The largest absolute Gasteiger partial charge is 0.312 e. The Bertz CT molecular complexity index is 200. The van der Waals surface area contributed by atoms with Gasteiger partial charge in [-0.25, -0.2) is 0 Å². The van der Waals surface area contributed by atoms with Crippen LogP contribution in [-0.2, 0) is 0 Å². The predicted octanol–water partition coefficient (Wildman–Crippen LogP) is 2.04. The Balaban J connectivity index is 2.34. The molecule has 3 nitrogen and oxygen atoms in total. The quantitative estimate of drug-likeness (QED) is 0.680. The first-order valence-corrected chi connectivity index (χ1v) is 7.70. The minimum Gasteiger partial charge on any atom is -0.312 e. The van der Waals surface area contributed by atoms with Crippen LogP contribution in [0.4, 0.5) is 0 Å². The van der Waals surface area contributed by atoms with Crippen LogP contribution in [0.1, 0.15) is 39.0 Å². The van der Waals surface area contributed by atoms with E-state index in [0.29, 0.717) is 6.04 Å². The van der Waals surface area contributed by atoms with Crippen molar-refractivity contribution in [2.45, 2.75) is 45.1 Å². The van der Waals surface area contributed by atoms with Gasteiger partial charge in [0.15, 0.2) is 0 Å². The van der Waals surface area contributed by atoms with E-state index in [2.05, 4.69) is 43.2 Å². The zero-order valence-corrected chi connectivity index (χ0v) is 12.9. The Hall–Kier alpha value is -0.120. The van der Waals surface area contributed by atoms with Crippen molar-refractivity contribution in [1.82, 2.24) is 15.1 Å². The zero-order valence-electron chi connectivity index (χ0n) is 12.9. The second-order valence-corrected chi connectivity index (χ2v) is 6.17. The first-order valence-electron chi connectivity index (χ1n) is 7.70. The highest BCUT2D eigenvalue weighted by Crippen LogP contribution is 2.28. The predicted molar refractivity (Wildman–Crippen MR) is 80.1 cm³/mol. The number of hydrogen-bond donors (Lipinski definition) is 1. The molecule has 0 amide bonds. The van der Waals surface area contributed by atoms with E-state index in [0.717, 1.165) is 12.5 Å². The molecule has 0 aromatic heterocycles. The van der Waals surface area contributed by atoms with Gasteiger partial charge in [0.1, 0.15) is 0 Å². The molecular formula is C15H33N3. The third-order valence-corrected chi connectivity index (χ3v) is 4.06. The van der Waals surface area contributed by atoms with E-state index in [-0.39, 0.29) is 0 Å². The molecule has 0 heterocycles. The molecule has 0 spiro atoms. The summed E-state index contributed by atoms with van der Waals surface area (Å²) in [4.78, 5) is 4.76. The summed E-state index contributed by atoms with van der Waals surface area (Å²) in [6, 6.07) is 0.708. The van der Waals surface area contributed by atoms with Crippen LogP contribution in [0.5, 0.6) is 0 Å². The SMILES string of the molecule is CCCNC(CN(C)CCN(C)C)C1CCCC1. The van der Waals surface area contributed by atoms with E-state index < -0.39 is 0 Å². The Labute approximate surface area is 114 Å². The average molecular weight is 255 g/mol. The van der Waals surface area contributed by atoms with Crippen LogP contribution in [0.25, 0.3) is 0 Å². The lowest BCUT2D eigenvalue weighted by Crippen LogP contribution is -2.45. The Morgan fingerprint density at radius 2 is 1.78 bits per heavy atom. The van der Waals surface area contributed by atoms with Crippen molar-refractivity contribution in [2.75, 3.05) is 47.3 Å². The number of rotatable bonds is 9. The van der Waals surface area contributed by atoms with Gasteiger partial charge in [-0.2, -0.15) is 0 Å². The highest BCUT2D eigenvalue weighted by atomic mass is 15.2. The maximum Gasteiger partial charge on any atom is 0.0223 e.